The summed E-state index contributed by atoms with van der Waals surface area (Å²) in [7, 11) is 1.04. The van der Waals surface area contributed by atoms with Crippen molar-refractivity contribution in [1.82, 2.24) is 5.32 Å². The van der Waals surface area contributed by atoms with Crippen LogP contribution in [0.4, 0.5) is 0 Å². The van der Waals surface area contributed by atoms with Crippen molar-refractivity contribution in [3.8, 4) is 0 Å². The highest BCUT2D eigenvalue weighted by Gasteiger charge is 2.64. The maximum absolute atomic E-state index is 14.2. The predicted octanol–water partition coefficient (Wildman–Crippen LogP) is -0.0195. The first kappa shape index (κ1) is 44.3. The van der Waals surface area contributed by atoms with Gasteiger partial charge < -0.3 is 57.4 Å². The molecule has 3 rings (SSSR count). The van der Waals surface area contributed by atoms with Crippen LogP contribution in [0.3, 0.4) is 0 Å². The van der Waals surface area contributed by atoms with E-state index in [0.29, 0.717) is 0 Å². The number of carbonyl (C=O) groups excluding carboxylic acids is 8. The van der Waals surface area contributed by atoms with Gasteiger partial charge in [-0.25, -0.2) is 4.79 Å². The van der Waals surface area contributed by atoms with Gasteiger partial charge in [0, 0.05) is 54.9 Å². The van der Waals surface area contributed by atoms with Crippen LogP contribution in [0.2, 0.25) is 0 Å². The minimum Gasteiger partial charge on any atom is -0.466 e. The van der Waals surface area contributed by atoms with Gasteiger partial charge in [0.1, 0.15) is 37.6 Å². The molecule has 0 spiro atoms. The molecule has 11 atom stereocenters. The maximum Gasteiger partial charge on any atom is 0.349 e. The monoisotopic (exact) mass is 793 g/mol. The molecule has 3 saturated heterocycles. The lowest BCUT2D eigenvalue weighted by Gasteiger charge is -2.49. The van der Waals surface area contributed by atoms with Crippen LogP contribution in [0, 0.1) is 0 Å². The largest absolute Gasteiger partial charge is 0.466 e. The summed E-state index contributed by atoms with van der Waals surface area (Å²) in [6, 6.07) is -1.41. The average molecular weight is 794 g/mol. The quantitative estimate of drug-likeness (QED) is 0.169. The Labute approximate surface area is 315 Å². The third kappa shape index (κ3) is 11.7. The van der Waals surface area contributed by atoms with E-state index >= 15 is 0 Å². The van der Waals surface area contributed by atoms with Gasteiger partial charge in [-0.05, 0) is 13.8 Å². The van der Waals surface area contributed by atoms with E-state index in [1.165, 1.54) is 0 Å². The van der Waals surface area contributed by atoms with Gasteiger partial charge in [-0.1, -0.05) is 0 Å². The van der Waals surface area contributed by atoms with Crippen LogP contribution in [-0.2, 0) is 90.5 Å². The summed E-state index contributed by atoms with van der Waals surface area (Å²) in [5, 5.41) is 1.52. The van der Waals surface area contributed by atoms with E-state index in [4.69, 9.17) is 52.1 Å². The molecule has 1 N–H and O–H groups in total. The molecule has 0 saturated carbocycles. The van der Waals surface area contributed by atoms with Gasteiger partial charge in [-0.15, -0.1) is 11.8 Å². The Morgan fingerprint density at radius 3 is 1.85 bits per heavy atom. The summed E-state index contributed by atoms with van der Waals surface area (Å²) in [6.07, 6.45) is -11.7. The number of methoxy groups -OCH3 is 1. The molecule has 3 aliphatic heterocycles. The molecule has 0 aromatic carbocycles. The molecule has 3 heterocycles. The van der Waals surface area contributed by atoms with Crippen molar-refractivity contribution >= 4 is 59.5 Å². The zero-order chi connectivity index (χ0) is 40.7. The summed E-state index contributed by atoms with van der Waals surface area (Å²) < 4.78 is 62.7. The molecule has 0 bridgehead atoms. The predicted molar refractivity (Wildman–Crippen MR) is 177 cm³/mol. The Kier molecular flexibility index (Phi) is 15.2. The summed E-state index contributed by atoms with van der Waals surface area (Å²) >= 11 is 0.723. The summed E-state index contributed by atoms with van der Waals surface area (Å²) in [6.45, 7) is 9.65. The van der Waals surface area contributed by atoms with Crippen LogP contribution < -0.4 is 5.32 Å². The molecule has 0 unspecified atom stereocenters. The second-order valence-corrected chi connectivity index (χ2v) is 14.5. The van der Waals surface area contributed by atoms with Gasteiger partial charge >= 0.3 is 41.8 Å². The Morgan fingerprint density at radius 1 is 0.741 bits per heavy atom. The van der Waals surface area contributed by atoms with Gasteiger partial charge in [0.05, 0.1) is 18.4 Å². The highest BCUT2D eigenvalue weighted by atomic mass is 32.2. The third-order valence-electron chi connectivity index (χ3n) is 7.98. The van der Waals surface area contributed by atoms with Gasteiger partial charge in [-0.3, -0.25) is 33.6 Å². The number of esters is 7. The number of nitrogens with one attached hydrogen (secondary N) is 1. The lowest BCUT2D eigenvalue weighted by atomic mass is 9.89. The number of ether oxygens (including phenoxy) is 11. The zero-order valence-corrected chi connectivity index (χ0v) is 32.4. The number of fused-ring (bicyclic) bond motifs is 1. The van der Waals surface area contributed by atoms with E-state index in [0.717, 1.165) is 67.3 Å². The lowest BCUT2D eigenvalue weighted by molar-refractivity contribution is -0.225. The summed E-state index contributed by atoms with van der Waals surface area (Å²) in [4.78, 5) is 98.0. The van der Waals surface area contributed by atoms with E-state index < -0.39 is 138 Å². The molecule has 304 valence electrons. The highest BCUT2D eigenvalue weighted by Crippen LogP contribution is 2.51. The van der Waals surface area contributed by atoms with Crippen LogP contribution in [-0.4, -0.2) is 139 Å². The topological polar surface area (TPSA) is 250 Å². The molecular weight excluding hydrogens is 746 g/mol. The van der Waals surface area contributed by atoms with E-state index in [1.807, 2.05) is 0 Å². The fraction of sp³-hybridized carbons (Fsp3) is 0.758. The van der Waals surface area contributed by atoms with Crippen LogP contribution >= 0.6 is 11.8 Å². The molecule has 21 heteroatoms. The second kappa shape index (κ2) is 18.5. The molecule has 0 aromatic rings. The summed E-state index contributed by atoms with van der Waals surface area (Å²) in [5.74, 6) is -7.93. The number of hydrogen-bond acceptors (Lipinski definition) is 20. The molecule has 0 radical (unpaired) electrons. The minimum atomic E-state index is -2.28. The van der Waals surface area contributed by atoms with E-state index in [2.05, 4.69) is 5.32 Å². The van der Waals surface area contributed by atoms with Crippen molar-refractivity contribution in [1.29, 1.82) is 0 Å². The highest BCUT2D eigenvalue weighted by molar-refractivity contribution is 8.02. The maximum atomic E-state index is 14.2. The molecule has 1 amide bonds. The number of thioether (sulfide) groups is 1. The van der Waals surface area contributed by atoms with E-state index in [9.17, 15) is 38.4 Å². The van der Waals surface area contributed by atoms with Gasteiger partial charge in [0.2, 0.25) is 10.8 Å². The van der Waals surface area contributed by atoms with Crippen LogP contribution in [0.15, 0.2) is 0 Å². The number of carbonyl (C=O) groups is 8. The molecular formula is C33H47NO19S. The van der Waals surface area contributed by atoms with Crippen LogP contribution in [0.5, 0.6) is 0 Å². The standard InChI is InChI=1S/C33H47NO19S/c1-14(35)34-24-21(46-17(4)38)11-33(31(42)43-10,52-27(24)25(49-20(7)41)22(47-18(5)39)12-44-15(2)36)54-29-26(23(48-19(6)40)13-45-16(3)37)50-30-28(29)51-32(8,9)53-30/h21-30H,11-13H2,1-10H3,(H,34,35)/t21-,22+,23+,24+,25+,26-,27+,28+,29-,30+,33-/m0/s1. The SMILES string of the molecule is COC(=O)[C@@]1(S[C@H]2[C@H]([C@@H](COC(C)=O)OC(C)=O)O[C@@H]3OC(C)(C)O[C@@H]32)C[C@H](OC(C)=O)[C@@H](NC(C)=O)[C@H]([C@H](OC(C)=O)[C@@H](COC(C)=O)OC(C)=O)O1. The first-order chi connectivity index (χ1) is 25.1. The molecule has 3 aliphatic rings. The summed E-state index contributed by atoms with van der Waals surface area (Å²) in [5.41, 5.74) is 0. The molecule has 0 aliphatic carbocycles. The fourth-order valence-corrected chi connectivity index (χ4v) is 8.02. The minimum absolute atomic E-state index is 0.483. The van der Waals surface area contributed by atoms with Crippen molar-refractivity contribution in [3.63, 3.8) is 0 Å². The van der Waals surface area contributed by atoms with Crippen LogP contribution in [0.25, 0.3) is 0 Å². The third-order valence-corrected chi connectivity index (χ3v) is 9.60. The molecule has 0 aromatic heterocycles. The Bertz CT molecular complexity index is 1450. The van der Waals surface area contributed by atoms with Crippen molar-refractivity contribution in [2.24, 2.45) is 0 Å². The smallest absolute Gasteiger partial charge is 0.349 e. The normalized spacial score (nSPS) is 29.9. The lowest BCUT2D eigenvalue weighted by Crippen LogP contribution is -2.68. The Hall–Kier alpha value is -4.05. The number of amides is 1. The van der Waals surface area contributed by atoms with Crippen molar-refractivity contribution < 1.29 is 90.5 Å². The average Bonchev–Trinajstić information content (AvgIpc) is 3.51. The van der Waals surface area contributed by atoms with Gasteiger partial charge in [0.15, 0.2) is 30.4 Å². The molecule has 20 nitrogen and oxygen atoms in total. The van der Waals surface area contributed by atoms with Gasteiger partial charge in [0.25, 0.3) is 0 Å². The Balaban J connectivity index is 2.28. The van der Waals surface area contributed by atoms with Gasteiger partial charge in [-0.2, -0.15) is 0 Å². The molecule has 3 fully saturated rings. The van der Waals surface area contributed by atoms with E-state index in [1.54, 1.807) is 13.8 Å². The van der Waals surface area contributed by atoms with E-state index in [-0.39, 0.29) is 0 Å². The Morgan fingerprint density at radius 2 is 1.33 bits per heavy atom. The second-order valence-electron chi connectivity index (χ2n) is 13.0. The fourth-order valence-electron chi connectivity index (χ4n) is 6.29. The first-order valence-corrected chi connectivity index (χ1v) is 17.6. The number of rotatable bonds is 15. The first-order valence-electron chi connectivity index (χ1n) is 16.8. The zero-order valence-electron chi connectivity index (χ0n) is 31.6. The van der Waals surface area contributed by atoms with Crippen molar-refractivity contribution in [2.75, 3.05) is 20.3 Å². The molecule has 54 heavy (non-hydrogen) atoms. The van der Waals surface area contributed by atoms with Crippen molar-refractivity contribution in [2.45, 2.75) is 140 Å². The van der Waals surface area contributed by atoms with Crippen molar-refractivity contribution in [3.05, 3.63) is 0 Å². The van der Waals surface area contributed by atoms with Crippen LogP contribution in [0.1, 0.15) is 68.7 Å². The number of hydrogen-bond donors (Lipinski definition) is 1.